The average Bonchev–Trinajstić information content (AvgIpc) is 3.02. The first-order chi connectivity index (χ1) is 12.8. The van der Waals surface area contributed by atoms with Gasteiger partial charge in [0.25, 0.3) is 0 Å². The molecule has 0 aromatic carbocycles. The summed E-state index contributed by atoms with van der Waals surface area (Å²) in [7, 11) is 1.50. The highest BCUT2D eigenvalue weighted by Crippen LogP contribution is 2.66. The number of nitrogens with one attached hydrogen (secondary N) is 1. The Bertz CT molecular complexity index is 660. The smallest absolute Gasteiger partial charge is 0.309 e. The van der Waals surface area contributed by atoms with Crippen LogP contribution in [0.2, 0.25) is 0 Å². The van der Waals surface area contributed by atoms with Gasteiger partial charge in [-0.15, -0.1) is 0 Å². The lowest BCUT2D eigenvalue weighted by molar-refractivity contribution is -0.152. The maximum absolute atomic E-state index is 12.3. The molecule has 152 valence electrons. The van der Waals surface area contributed by atoms with Crippen molar-refractivity contribution in [3.8, 4) is 0 Å². The van der Waals surface area contributed by atoms with Gasteiger partial charge < -0.3 is 10.1 Å². The van der Waals surface area contributed by atoms with Gasteiger partial charge in [0.15, 0.2) is 0 Å². The molecule has 5 heteroatoms. The van der Waals surface area contributed by atoms with E-state index in [1.807, 2.05) is 13.8 Å². The van der Waals surface area contributed by atoms with Crippen molar-refractivity contribution in [3.63, 3.8) is 0 Å². The van der Waals surface area contributed by atoms with Crippen molar-refractivity contribution in [1.29, 1.82) is 0 Å². The van der Waals surface area contributed by atoms with E-state index in [1.165, 1.54) is 7.11 Å². The monoisotopic (exact) mass is 395 g/mol. The fraction of sp³-hybridized carbons (Fsp3) is 0.818. The van der Waals surface area contributed by atoms with E-state index in [1.54, 1.807) is 0 Å². The van der Waals surface area contributed by atoms with Crippen molar-refractivity contribution in [2.75, 3.05) is 7.11 Å². The molecule has 1 amide bonds. The molecule has 27 heavy (non-hydrogen) atoms. The fourth-order valence-electron chi connectivity index (χ4n) is 6.79. The van der Waals surface area contributed by atoms with E-state index in [2.05, 4.69) is 19.2 Å². The van der Waals surface area contributed by atoms with Crippen molar-refractivity contribution in [2.45, 2.75) is 72.6 Å². The number of hydrogen-bond donors (Lipinski definition) is 1. The molecule has 1 N–H and O–H groups in total. The number of hydrogen-bond acceptors (Lipinski definition) is 3. The van der Waals surface area contributed by atoms with Crippen LogP contribution in [0.4, 0.5) is 0 Å². The second-order valence-corrected chi connectivity index (χ2v) is 9.48. The average molecular weight is 396 g/mol. The van der Waals surface area contributed by atoms with Crippen molar-refractivity contribution in [2.24, 2.45) is 34.5 Å². The summed E-state index contributed by atoms with van der Waals surface area (Å²) in [6.07, 6.45) is 6.48. The van der Waals surface area contributed by atoms with Crippen LogP contribution in [0.3, 0.4) is 0 Å². The van der Waals surface area contributed by atoms with E-state index in [9.17, 15) is 9.59 Å². The van der Waals surface area contributed by atoms with Crippen LogP contribution < -0.4 is 5.32 Å². The normalized spacial score (nSPS) is 42.8. The quantitative estimate of drug-likeness (QED) is 0.634. The van der Waals surface area contributed by atoms with Gasteiger partial charge in [-0.2, -0.15) is 0 Å². The molecule has 1 aliphatic heterocycles. The molecule has 1 saturated heterocycles. The van der Waals surface area contributed by atoms with Crippen LogP contribution in [0.15, 0.2) is 10.7 Å². The highest BCUT2D eigenvalue weighted by atomic mass is 35.5. The lowest BCUT2D eigenvalue weighted by Gasteiger charge is -2.57. The second kappa shape index (κ2) is 7.42. The number of carbonyl (C=O) groups is 2. The first-order valence-electron chi connectivity index (χ1n) is 10.6. The summed E-state index contributed by atoms with van der Waals surface area (Å²) in [6, 6.07) is 0. The molecular formula is C22H34ClNO3. The first-order valence-corrected chi connectivity index (χ1v) is 11.0. The predicted octanol–water partition coefficient (Wildman–Crippen LogP) is 5.01. The Kier molecular flexibility index (Phi) is 5.69. The number of fused-ring (bicyclic) bond motifs is 5. The number of esters is 1. The third-order valence-corrected chi connectivity index (χ3v) is 8.48. The van der Waals surface area contributed by atoms with Gasteiger partial charge in [0, 0.05) is 22.6 Å². The Hall–Kier alpha value is -1.03. The minimum atomic E-state index is -0.0438. The number of methoxy groups -OCH3 is 1. The molecule has 4 nitrogen and oxygen atoms in total. The van der Waals surface area contributed by atoms with Crippen molar-refractivity contribution in [1.82, 2.24) is 5.32 Å². The topological polar surface area (TPSA) is 55.4 Å². The largest absolute Gasteiger partial charge is 0.469 e. The Labute approximate surface area is 168 Å². The van der Waals surface area contributed by atoms with Crippen molar-refractivity contribution >= 4 is 23.5 Å². The number of piperidine rings is 1. The number of ether oxygens (including phenoxy) is 1. The Morgan fingerprint density at radius 3 is 2.52 bits per heavy atom. The van der Waals surface area contributed by atoms with Crippen LogP contribution in [0.1, 0.15) is 72.6 Å². The van der Waals surface area contributed by atoms with Crippen molar-refractivity contribution < 1.29 is 14.3 Å². The molecule has 4 rings (SSSR count). The molecule has 3 unspecified atom stereocenters. The Morgan fingerprint density at radius 2 is 1.85 bits per heavy atom. The van der Waals surface area contributed by atoms with Crippen LogP contribution >= 0.6 is 11.6 Å². The molecule has 0 spiro atoms. The standard InChI is InChI=1S/C20H28ClNO3.C2H6/c1-19-8-6-13-11(12(19)4-5-14(19)18(24)25-3)10-15(21)17-20(13,2)9-7-16(23)22-17;1-2/h11-14H,4-10H2,1-3H3,(H,22,23);1-2H3/t11?,12?,13?,14-,19+,20-;/m1./s1. The first kappa shape index (κ1) is 20.7. The van der Waals surface area contributed by atoms with Crippen LogP contribution in [0.25, 0.3) is 0 Å². The summed E-state index contributed by atoms with van der Waals surface area (Å²) < 4.78 is 5.10. The van der Waals surface area contributed by atoms with Crippen molar-refractivity contribution in [3.05, 3.63) is 10.7 Å². The molecular weight excluding hydrogens is 362 g/mol. The lowest BCUT2D eigenvalue weighted by atomic mass is 9.49. The van der Waals surface area contributed by atoms with Crippen LogP contribution in [-0.2, 0) is 14.3 Å². The Balaban J connectivity index is 0.00000102. The highest BCUT2D eigenvalue weighted by Gasteiger charge is 2.61. The van der Waals surface area contributed by atoms with E-state index in [0.717, 1.165) is 49.3 Å². The van der Waals surface area contributed by atoms with Gasteiger partial charge in [0.2, 0.25) is 5.91 Å². The van der Waals surface area contributed by atoms with Gasteiger partial charge in [-0.1, -0.05) is 39.3 Å². The highest BCUT2D eigenvalue weighted by molar-refractivity contribution is 6.30. The summed E-state index contributed by atoms with van der Waals surface area (Å²) in [4.78, 5) is 24.2. The maximum Gasteiger partial charge on any atom is 0.309 e. The zero-order chi connectivity index (χ0) is 20.0. The van der Waals surface area contributed by atoms with E-state index in [0.29, 0.717) is 24.2 Å². The number of carbonyl (C=O) groups excluding carboxylic acids is 2. The summed E-state index contributed by atoms with van der Waals surface area (Å²) in [5.41, 5.74) is 0.980. The van der Waals surface area contributed by atoms with Gasteiger partial charge in [0.05, 0.1) is 13.0 Å². The summed E-state index contributed by atoms with van der Waals surface area (Å²) in [5.74, 6) is 1.63. The molecule has 6 atom stereocenters. The van der Waals surface area contributed by atoms with Crippen LogP contribution in [0.5, 0.6) is 0 Å². The minimum Gasteiger partial charge on any atom is -0.469 e. The number of amides is 1. The molecule has 4 aliphatic rings. The van der Waals surface area contributed by atoms with Gasteiger partial charge in [-0.25, -0.2) is 0 Å². The SMILES string of the molecule is CC.COC(=O)[C@H]1CCC2C3CC(Cl)=C4NC(=O)CC[C@]4(C)C3CC[C@@]21C. The third-order valence-electron chi connectivity index (χ3n) is 8.13. The zero-order valence-electron chi connectivity index (χ0n) is 17.4. The molecule has 2 saturated carbocycles. The van der Waals surface area contributed by atoms with E-state index in [4.69, 9.17) is 16.3 Å². The molecule has 0 bridgehead atoms. The van der Waals surface area contributed by atoms with Gasteiger partial charge in [0.1, 0.15) is 0 Å². The number of rotatable bonds is 1. The Morgan fingerprint density at radius 1 is 1.15 bits per heavy atom. The minimum absolute atomic E-state index is 0.0199. The van der Waals surface area contributed by atoms with Gasteiger partial charge in [-0.3, -0.25) is 9.59 Å². The summed E-state index contributed by atoms with van der Waals surface area (Å²) >= 11 is 6.70. The molecule has 0 radical (unpaired) electrons. The lowest BCUT2D eigenvalue weighted by Crippen LogP contribution is -2.54. The van der Waals surface area contributed by atoms with E-state index < -0.39 is 0 Å². The summed E-state index contributed by atoms with van der Waals surface area (Å²) in [6.45, 7) is 8.58. The van der Waals surface area contributed by atoms with E-state index >= 15 is 0 Å². The number of halogens is 1. The van der Waals surface area contributed by atoms with Gasteiger partial charge in [-0.05, 0) is 61.7 Å². The number of allylic oxidation sites excluding steroid dienone is 2. The summed E-state index contributed by atoms with van der Waals surface area (Å²) in [5, 5.41) is 3.92. The van der Waals surface area contributed by atoms with E-state index in [-0.39, 0.29) is 28.6 Å². The molecule has 3 aliphatic carbocycles. The third kappa shape index (κ3) is 3.03. The molecule has 0 aromatic rings. The molecule has 0 aromatic heterocycles. The fourth-order valence-corrected chi connectivity index (χ4v) is 7.23. The zero-order valence-corrected chi connectivity index (χ0v) is 18.1. The second-order valence-electron chi connectivity index (χ2n) is 9.02. The molecule has 3 fully saturated rings. The van der Waals surface area contributed by atoms with Gasteiger partial charge >= 0.3 is 5.97 Å². The van der Waals surface area contributed by atoms with Crippen LogP contribution in [-0.4, -0.2) is 19.0 Å². The predicted molar refractivity (Wildman–Crippen MR) is 107 cm³/mol. The molecule has 1 heterocycles. The maximum atomic E-state index is 12.3. The van der Waals surface area contributed by atoms with Crippen LogP contribution in [0, 0.1) is 34.5 Å².